The van der Waals surface area contributed by atoms with Gasteiger partial charge in [0.1, 0.15) is 5.76 Å². The van der Waals surface area contributed by atoms with Gasteiger partial charge in [0.2, 0.25) is 5.91 Å². The summed E-state index contributed by atoms with van der Waals surface area (Å²) in [5.74, 6) is 1.18. The summed E-state index contributed by atoms with van der Waals surface area (Å²) in [7, 11) is -1.12. The van der Waals surface area contributed by atoms with Crippen molar-refractivity contribution in [3.05, 3.63) is 47.9 Å². The largest absolute Gasteiger partial charge is 0.361 e. The van der Waals surface area contributed by atoms with Crippen LogP contribution in [-0.2, 0) is 21.3 Å². The Kier molecular flexibility index (Phi) is 5.06. The molecule has 0 unspecified atom stereocenters. The first-order chi connectivity index (χ1) is 9.63. The zero-order chi connectivity index (χ0) is 14.4. The number of nitrogens with zero attached hydrogens (tertiary/aromatic N) is 1. The van der Waals surface area contributed by atoms with Gasteiger partial charge >= 0.3 is 0 Å². The topological polar surface area (TPSA) is 72.2 Å². The predicted octanol–water partition coefficient (Wildman–Crippen LogP) is 2.26. The minimum Gasteiger partial charge on any atom is -0.361 e. The lowest BCUT2D eigenvalue weighted by atomic mass is 10.3. The second kappa shape index (κ2) is 7.00. The minimum absolute atomic E-state index is 0.138. The van der Waals surface area contributed by atoms with Crippen molar-refractivity contribution in [2.45, 2.75) is 19.1 Å². The first kappa shape index (κ1) is 14.5. The van der Waals surface area contributed by atoms with Crippen LogP contribution in [0.5, 0.6) is 0 Å². The third-order valence-electron chi connectivity index (χ3n) is 2.60. The highest BCUT2D eigenvalue weighted by molar-refractivity contribution is 7.84. The molecule has 2 rings (SSSR count). The van der Waals surface area contributed by atoms with Gasteiger partial charge in [0.25, 0.3) is 0 Å². The number of hydrogen-bond donors (Lipinski definition) is 1. The van der Waals surface area contributed by atoms with Crippen molar-refractivity contribution >= 4 is 22.4 Å². The summed E-state index contributed by atoms with van der Waals surface area (Å²) < 4.78 is 16.7. The maximum Gasteiger partial charge on any atom is 0.225 e. The molecule has 0 fully saturated rings. The van der Waals surface area contributed by atoms with E-state index in [-0.39, 0.29) is 12.3 Å². The minimum atomic E-state index is -1.12. The molecule has 1 heterocycles. The van der Waals surface area contributed by atoms with Crippen LogP contribution in [-0.4, -0.2) is 21.0 Å². The van der Waals surface area contributed by atoms with Crippen LogP contribution in [0.25, 0.3) is 0 Å². The Morgan fingerprint density at radius 3 is 2.75 bits per heavy atom. The lowest BCUT2D eigenvalue weighted by Gasteiger charge is -2.04. The fourth-order valence-corrected chi connectivity index (χ4v) is 2.70. The summed E-state index contributed by atoms with van der Waals surface area (Å²) in [6.07, 6.45) is 0.221. The maximum absolute atomic E-state index is 11.8. The first-order valence-electron chi connectivity index (χ1n) is 6.25. The standard InChI is InChI=1S/C14H16N2O3S/c1-11-9-13(16-19-11)10-20(18)8-7-14(17)15-12-5-3-2-4-6-12/h2-6,9H,7-8,10H2,1H3,(H,15,17)/t20-/m1/s1. The SMILES string of the molecule is Cc1cc(C[S@](=O)CCC(=O)Nc2ccccc2)no1. The molecule has 0 aliphatic carbocycles. The molecule has 0 saturated heterocycles. The molecule has 1 atom stereocenters. The smallest absolute Gasteiger partial charge is 0.225 e. The van der Waals surface area contributed by atoms with Crippen LogP contribution in [0.1, 0.15) is 17.9 Å². The Labute approximate surface area is 119 Å². The maximum atomic E-state index is 11.8. The fraction of sp³-hybridized carbons (Fsp3) is 0.286. The highest BCUT2D eigenvalue weighted by Gasteiger charge is 2.09. The molecule has 0 radical (unpaired) electrons. The van der Waals surface area contributed by atoms with E-state index in [2.05, 4.69) is 10.5 Å². The summed E-state index contributed by atoms with van der Waals surface area (Å²) in [5.41, 5.74) is 1.40. The number of carbonyl (C=O) groups excluding carboxylic acids is 1. The Morgan fingerprint density at radius 1 is 1.35 bits per heavy atom. The molecule has 1 N–H and O–H groups in total. The van der Waals surface area contributed by atoms with Gasteiger partial charge < -0.3 is 9.84 Å². The zero-order valence-electron chi connectivity index (χ0n) is 11.2. The Hall–Kier alpha value is -1.95. The number of carbonyl (C=O) groups is 1. The highest BCUT2D eigenvalue weighted by atomic mass is 32.2. The molecule has 0 aliphatic rings. The number of para-hydroxylation sites is 1. The second-order valence-electron chi connectivity index (χ2n) is 4.38. The molecular weight excluding hydrogens is 276 g/mol. The molecule has 1 aromatic carbocycles. The van der Waals surface area contributed by atoms with E-state index in [4.69, 9.17) is 4.52 Å². The van der Waals surface area contributed by atoms with E-state index in [1.165, 1.54) is 0 Å². The number of amides is 1. The van der Waals surface area contributed by atoms with E-state index < -0.39 is 10.8 Å². The van der Waals surface area contributed by atoms with Crippen LogP contribution in [0.4, 0.5) is 5.69 Å². The lowest BCUT2D eigenvalue weighted by molar-refractivity contribution is -0.115. The van der Waals surface area contributed by atoms with Crippen LogP contribution in [0, 0.1) is 6.92 Å². The Balaban J connectivity index is 1.74. The van der Waals surface area contributed by atoms with E-state index in [1.54, 1.807) is 13.0 Å². The molecule has 0 spiro atoms. The van der Waals surface area contributed by atoms with Gasteiger partial charge in [-0.2, -0.15) is 0 Å². The van der Waals surface area contributed by atoms with Crippen molar-refractivity contribution in [1.82, 2.24) is 5.16 Å². The fourth-order valence-electron chi connectivity index (χ4n) is 1.67. The quantitative estimate of drug-likeness (QED) is 0.886. The molecule has 6 heteroatoms. The van der Waals surface area contributed by atoms with Gasteiger partial charge in [-0.05, 0) is 19.1 Å². The molecule has 20 heavy (non-hydrogen) atoms. The Morgan fingerprint density at radius 2 is 2.10 bits per heavy atom. The predicted molar refractivity (Wildman–Crippen MR) is 77.6 cm³/mol. The van der Waals surface area contributed by atoms with Gasteiger partial charge in [-0.1, -0.05) is 23.4 Å². The van der Waals surface area contributed by atoms with Gasteiger partial charge in [0.15, 0.2) is 0 Å². The normalized spacial score (nSPS) is 12.1. The van der Waals surface area contributed by atoms with Crippen molar-refractivity contribution < 1.29 is 13.5 Å². The van der Waals surface area contributed by atoms with E-state index in [1.807, 2.05) is 30.3 Å². The summed E-state index contributed by atoms with van der Waals surface area (Å²) in [5, 5.41) is 6.54. The molecule has 1 aromatic heterocycles. The molecule has 2 aromatic rings. The van der Waals surface area contributed by atoms with Gasteiger partial charge in [-0.3, -0.25) is 9.00 Å². The lowest BCUT2D eigenvalue weighted by Crippen LogP contribution is -2.15. The van der Waals surface area contributed by atoms with Crippen molar-refractivity contribution in [3.63, 3.8) is 0 Å². The number of hydrogen-bond acceptors (Lipinski definition) is 4. The third-order valence-corrected chi connectivity index (χ3v) is 3.88. The zero-order valence-corrected chi connectivity index (χ0v) is 12.0. The summed E-state index contributed by atoms with van der Waals surface area (Å²) in [6.45, 7) is 1.78. The number of aryl methyl sites for hydroxylation is 1. The van der Waals surface area contributed by atoms with Gasteiger partial charge in [0.05, 0.1) is 11.4 Å². The van der Waals surface area contributed by atoms with Crippen LogP contribution in [0.15, 0.2) is 40.9 Å². The van der Waals surface area contributed by atoms with Crippen LogP contribution >= 0.6 is 0 Å². The summed E-state index contributed by atoms with van der Waals surface area (Å²) >= 11 is 0. The number of aromatic nitrogens is 1. The van der Waals surface area contributed by atoms with Crippen LogP contribution in [0.2, 0.25) is 0 Å². The van der Waals surface area contributed by atoms with Crippen LogP contribution < -0.4 is 5.32 Å². The molecular formula is C14H16N2O3S. The van der Waals surface area contributed by atoms with E-state index in [0.717, 1.165) is 5.69 Å². The van der Waals surface area contributed by atoms with Gasteiger partial charge in [-0.25, -0.2) is 0 Å². The summed E-state index contributed by atoms with van der Waals surface area (Å²) in [6, 6.07) is 11.0. The highest BCUT2D eigenvalue weighted by Crippen LogP contribution is 2.07. The second-order valence-corrected chi connectivity index (χ2v) is 5.96. The molecule has 106 valence electrons. The number of benzene rings is 1. The van der Waals surface area contributed by atoms with E-state index >= 15 is 0 Å². The van der Waals surface area contributed by atoms with E-state index in [0.29, 0.717) is 23.0 Å². The summed E-state index contributed by atoms with van der Waals surface area (Å²) in [4.78, 5) is 11.7. The van der Waals surface area contributed by atoms with Crippen molar-refractivity contribution in [3.8, 4) is 0 Å². The average Bonchev–Trinajstić information content (AvgIpc) is 2.83. The number of anilines is 1. The van der Waals surface area contributed by atoms with Crippen LogP contribution in [0.3, 0.4) is 0 Å². The molecule has 1 amide bonds. The average molecular weight is 292 g/mol. The molecule has 5 nitrogen and oxygen atoms in total. The van der Waals surface area contributed by atoms with Crippen molar-refractivity contribution in [1.29, 1.82) is 0 Å². The van der Waals surface area contributed by atoms with Gasteiger partial charge in [-0.15, -0.1) is 0 Å². The number of nitrogens with one attached hydrogen (secondary N) is 1. The Bertz CT molecular complexity index is 595. The van der Waals surface area contributed by atoms with Crippen molar-refractivity contribution in [2.24, 2.45) is 0 Å². The number of rotatable bonds is 6. The monoisotopic (exact) mass is 292 g/mol. The van der Waals surface area contributed by atoms with Gasteiger partial charge in [0, 0.05) is 34.7 Å². The molecule has 0 aliphatic heterocycles. The van der Waals surface area contributed by atoms with Crippen molar-refractivity contribution in [2.75, 3.05) is 11.1 Å². The first-order valence-corrected chi connectivity index (χ1v) is 7.74. The van der Waals surface area contributed by atoms with E-state index in [9.17, 15) is 9.00 Å². The molecule has 0 bridgehead atoms. The third kappa shape index (κ3) is 4.62. The molecule has 0 saturated carbocycles.